The average molecular weight is 328 g/mol. The highest BCUT2D eigenvalue weighted by Gasteiger charge is 2.38. The van der Waals surface area contributed by atoms with Crippen LogP contribution in [0.15, 0.2) is 16.7 Å². The number of nitrogens with zero attached hydrogens (tertiary/aromatic N) is 2. The quantitative estimate of drug-likeness (QED) is 0.685. The molecule has 1 aliphatic heterocycles. The number of nitrogens with one attached hydrogen (secondary N) is 1. The lowest BCUT2D eigenvalue weighted by Gasteiger charge is -2.37. The Labute approximate surface area is 119 Å². The molecule has 6 heteroatoms. The number of hydrogen-bond donors (Lipinski definition) is 1. The van der Waals surface area contributed by atoms with Gasteiger partial charge in [0.25, 0.3) is 0 Å². The summed E-state index contributed by atoms with van der Waals surface area (Å²) in [6.07, 6.45) is 1.50. The molecule has 3 rings (SSSR count). The van der Waals surface area contributed by atoms with Gasteiger partial charge in [0.1, 0.15) is 10.6 Å². The normalized spacial score (nSPS) is 23.8. The molecule has 1 aliphatic carbocycles. The summed E-state index contributed by atoms with van der Waals surface area (Å²) in [5, 5.41) is 2.76. The summed E-state index contributed by atoms with van der Waals surface area (Å²) < 4.78 is 15.1. The van der Waals surface area contributed by atoms with Crippen LogP contribution in [0.5, 0.6) is 0 Å². The molecule has 2 heterocycles. The molecule has 19 heavy (non-hydrogen) atoms. The van der Waals surface area contributed by atoms with Gasteiger partial charge in [-0.05, 0) is 40.9 Å². The third-order valence-corrected chi connectivity index (χ3v) is 4.11. The molecule has 1 aromatic heterocycles. The monoisotopic (exact) mass is 327 g/mol. The van der Waals surface area contributed by atoms with Crippen LogP contribution in [0.25, 0.3) is 0 Å². The maximum absolute atomic E-state index is 14.5. The van der Waals surface area contributed by atoms with Crippen LogP contribution >= 0.6 is 15.9 Å². The van der Waals surface area contributed by atoms with Gasteiger partial charge in [-0.1, -0.05) is 12.8 Å². The number of aromatic nitrogens is 1. The molecule has 1 N–H and O–H groups in total. The molecule has 2 unspecified atom stereocenters. The van der Waals surface area contributed by atoms with Crippen LogP contribution in [0.4, 0.5) is 15.9 Å². The number of rotatable bonds is 3. The van der Waals surface area contributed by atoms with Crippen molar-refractivity contribution >= 4 is 33.3 Å². The van der Waals surface area contributed by atoms with Crippen LogP contribution in [0.3, 0.4) is 0 Å². The number of alkyl halides is 1. The molecular weight excluding hydrogens is 313 g/mol. The molecule has 0 aromatic carbocycles. The fourth-order valence-electron chi connectivity index (χ4n) is 2.38. The number of anilines is 2. The highest BCUT2D eigenvalue weighted by molar-refractivity contribution is 9.10. The Kier molecular flexibility index (Phi) is 3.20. The van der Waals surface area contributed by atoms with Crippen molar-refractivity contribution in [1.82, 2.24) is 4.98 Å². The Balaban J connectivity index is 1.95. The molecule has 1 saturated carbocycles. The summed E-state index contributed by atoms with van der Waals surface area (Å²) in [7, 11) is 0. The van der Waals surface area contributed by atoms with Gasteiger partial charge in [0.2, 0.25) is 5.91 Å². The molecule has 2 atom stereocenters. The summed E-state index contributed by atoms with van der Waals surface area (Å²) in [5.41, 5.74) is 0.574. The van der Waals surface area contributed by atoms with Gasteiger partial charge in [-0.3, -0.25) is 4.79 Å². The maximum Gasteiger partial charge on any atom is 0.247 e. The smallest absolute Gasteiger partial charge is 0.247 e. The minimum atomic E-state index is -1.16. The summed E-state index contributed by atoms with van der Waals surface area (Å²) in [6, 6.07) is 2.94. The first-order valence-electron chi connectivity index (χ1n) is 6.46. The zero-order valence-electron chi connectivity index (χ0n) is 10.6. The van der Waals surface area contributed by atoms with Crippen molar-refractivity contribution in [3.8, 4) is 0 Å². The van der Waals surface area contributed by atoms with Crippen molar-refractivity contribution in [2.45, 2.75) is 38.5 Å². The Morgan fingerprint density at radius 2 is 2.32 bits per heavy atom. The molecule has 0 saturated heterocycles. The molecule has 2 aliphatic rings. The summed E-state index contributed by atoms with van der Waals surface area (Å²) in [6.45, 7) is 1.71. The third kappa shape index (κ3) is 2.45. The van der Waals surface area contributed by atoms with Crippen LogP contribution in [0, 0.1) is 5.92 Å². The molecular formula is C13H15BrFN3O. The van der Waals surface area contributed by atoms with Crippen molar-refractivity contribution < 1.29 is 9.18 Å². The number of fused-ring (bicyclic) bond motifs is 1. The number of carbonyl (C=O) groups excluding carboxylic acids is 1. The van der Waals surface area contributed by atoms with Gasteiger partial charge in [-0.2, -0.15) is 0 Å². The largest absolute Gasteiger partial charge is 0.321 e. The van der Waals surface area contributed by atoms with Gasteiger partial charge in [-0.15, -0.1) is 0 Å². The van der Waals surface area contributed by atoms with E-state index in [0.717, 1.165) is 12.8 Å². The zero-order chi connectivity index (χ0) is 13.6. The molecule has 102 valence electrons. The van der Waals surface area contributed by atoms with E-state index in [2.05, 4.69) is 26.2 Å². The zero-order valence-corrected chi connectivity index (χ0v) is 12.2. The van der Waals surface area contributed by atoms with Gasteiger partial charge in [0, 0.05) is 6.42 Å². The van der Waals surface area contributed by atoms with E-state index < -0.39 is 12.3 Å². The second kappa shape index (κ2) is 4.74. The Morgan fingerprint density at radius 3 is 3.00 bits per heavy atom. The molecule has 4 nitrogen and oxygen atoms in total. The minimum Gasteiger partial charge on any atom is -0.321 e. The Bertz CT molecular complexity index is 521. The van der Waals surface area contributed by atoms with Crippen LogP contribution in [0.1, 0.15) is 26.2 Å². The van der Waals surface area contributed by atoms with Gasteiger partial charge in [0.15, 0.2) is 12.1 Å². The highest BCUT2D eigenvalue weighted by atomic mass is 79.9. The predicted molar refractivity (Wildman–Crippen MR) is 74.7 cm³/mol. The van der Waals surface area contributed by atoms with Crippen molar-refractivity contribution in [3.63, 3.8) is 0 Å². The van der Waals surface area contributed by atoms with Crippen molar-refractivity contribution in [3.05, 3.63) is 16.7 Å². The molecule has 0 spiro atoms. The average Bonchev–Trinajstić information content (AvgIpc) is 3.15. The lowest BCUT2D eigenvalue weighted by molar-refractivity contribution is -0.117. The van der Waals surface area contributed by atoms with E-state index in [1.165, 1.54) is 4.90 Å². The fraction of sp³-hybridized carbons (Fsp3) is 0.538. The predicted octanol–water partition coefficient (Wildman–Crippen LogP) is 3.09. The van der Waals surface area contributed by atoms with Crippen molar-refractivity contribution in [1.29, 1.82) is 0 Å². The summed E-state index contributed by atoms with van der Waals surface area (Å²) in [4.78, 5) is 17.7. The van der Waals surface area contributed by atoms with E-state index in [4.69, 9.17) is 0 Å². The highest BCUT2D eigenvalue weighted by Crippen LogP contribution is 2.39. The second-order valence-corrected chi connectivity index (χ2v) is 6.00. The minimum absolute atomic E-state index is 0.185. The first-order valence-corrected chi connectivity index (χ1v) is 7.25. The fourth-order valence-corrected chi connectivity index (χ4v) is 2.68. The van der Waals surface area contributed by atoms with Crippen molar-refractivity contribution in [2.75, 3.05) is 10.2 Å². The Hall–Kier alpha value is -1.17. The van der Waals surface area contributed by atoms with Gasteiger partial charge in [0.05, 0.1) is 5.69 Å². The second-order valence-electron chi connectivity index (χ2n) is 5.19. The lowest BCUT2D eigenvalue weighted by Crippen LogP contribution is -2.50. The summed E-state index contributed by atoms with van der Waals surface area (Å²) in [5.74, 6) is 0.785. The van der Waals surface area contributed by atoms with Crippen LogP contribution < -0.4 is 10.2 Å². The number of amides is 1. The summed E-state index contributed by atoms with van der Waals surface area (Å²) >= 11 is 3.29. The van der Waals surface area contributed by atoms with E-state index in [1.807, 2.05) is 0 Å². The van der Waals surface area contributed by atoms with E-state index >= 15 is 0 Å². The van der Waals surface area contributed by atoms with E-state index in [9.17, 15) is 9.18 Å². The molecule has 1 amide bonds. The van der Waals surface area contributed by atoms with E-state index in [0.29, 0.717) is 28.4 Å². The molecule has 1 aromatic rings. The number of hydrogen-bond acceptors (Lipinski definition) is 3. The number of carbonyl (C=O) groups is 1. The molecule has 0 bridgehead atoms. The SMILES string of the molecule is CC1C(=O)Nc2ccc(Br)nc2N1C(F)CC1CC1. The standard InChI is InChI=1S/C13H15BrFN3O/c1-7-13(19)16-9-4-5-10(14)17-12(9)18(7)11(15)6-8-2-3-8/h4-5,7-8,11H,2-3,6H2,1H3,(H,16,19). The number of pyridine rings is 1. The Morgan fingerprint density at radius 1 is 1.58 bits per heavy atom. The van der Waals surface area contributed by atoms with E-state index in [1.54, 1.807) is 19.1 Å². The van der Waals surface area contributed by atoms with Gasteiger partial charge >= 0.3 is 0 Å². The third-order valence-electron chi connectivity index (χ3n) is 3.67. The lowest BCUT2D eigenvalue weighted by atomic mass is 10.1. The number of halogens is 2. The van der Waals surface area contributed by atoms with E-state index in [-0.39, 0.29) is 5.91 Å². The molecule has 1 fully saturated rings. The first-order chi connectivity index (χ1) is 9.06. The maximum atomic E-state index is 14.5. The van der Waals surface area contributed by atoms with Gasteiger partial charge in [-0.25, -0.2) is 9.37 Å². The van der Waals surface area contributed by atoms with Gasteiger partial charge < -0.3 is 10.2 Å². The van der Waals surface area contributed by atoms with Crippen LogP contribution in [0.2, 0.25) is 0 Å². The first kappa shape index (κ1) is 12.8. The topological polar surface area (TPSA) is 45.2 Å². The van der Waals surface area contributed by atoms with Crippen molar-refractivity contribution in [2.24, 2.45) is 5.92 Å². The van der Waals surface area contributed by atoms with Crippen LogP contribution in [-0.2, 0) is 4.79 Å². The van der Waals surface area contributed by atoms with Crippen LogP contribution in [-0.4, -0.2) is 23.2 Å². The molecule has 0 radical (unpaired) electrons.